The first-order valence-electron chi connectivity index (χ1n) is 29.4. The highest BCUT2D eigenvalue weighted by Crippen LogP contribution is 2.65. The van der Waals surface area contributed by atoms with Crippen LogP contribution in [-0.2, 0) is 10.8 Å². The van der Waals surface area contributed by atoms with Crippen molar-refractivity contribution in [2.75, 3.05) is 4.90 Å². The summed E-state index contributed by atoms with van der Waals surface area (Å²) in [4.78, 5) is 2.44. The molecule has 0 amide bonds. The van der Waals surface area contributed by atoms with Crippen molar-refractivity contribution in [1.29, 1.82) is 0 Å². The molecule has 2 atom stereocenters. The number of furan rings is 2. The van der Waals surface area contributed by atoms with Gasteiger partial charge in [0.25, 0.3) is 0 Å². The van der Waals surface area contributed by atoms with Crippen LogP contribution < -0.4 is 4.90 Å². The highest BCUT2D eigenvalue weighted by Gasteiger charge is 2.54. The van der Waals surface area contributed by atoms with Crippen LogP contribution >= 0.6 is 0 Å². The second-order valence-electron chi connectivity index (χ2n) is 23.4. The number of hydrogen-bond donors (Lipinski definition) is 0. The molecule has 2 heterocycles. The predicted octanol–water partition coefficient (Wildman–Crippen LogP) is 21.3. The first-order valence-corrected chi connectivity index (χ1v) is 29.4. The maximum Gasteiger partial charge on any atom is 0.144 e. The Hall–Kier alpha value is -10.5. The van der Waals surface area contributed by atoms with Crippen LogP contribution in [-0.4, -0.2) is 0 Å². The second kappa shape index (κ2) is 17.8. The first kappa shape index (κ1) is 47.2. The summed E-state index contributed by atoms with van der Waals surface area (Å²) in [5.41, 5.74) is 27.9. The molecule has 4 aliphatic carbocycles. The van der Waals surface area contributed by atoms with Gasteiger partial charge in [-0.15, -0.1) is 0 Å². The molecule has 4 aliphatic rings. The Bertz CT molecular complexity index is 5100. The van der Waals surface area contributed by atoms with Gasteiger partial charge < -0.3 is 13.7 Å². The number of nitrogens with zero attached hydrogens (tertiary/aromatic N) is 1. The van der Waals surface area contributed by atoms with E-state index in [9.17, 15) is 0 Å². The summed E-state index contributed by atoms with van der Waals surface area (Å²) < 4.78 is 14.4. The fourth-order valence-corrected chi connectivity index (χ4v) is 15.6. The van der Waals surface area contributed by atoms with E-state index in [0.717, 1.165) is 84.1 Å². The van der Waals surface area contributed by atoms with E-state index >= 15 is 0 Å². The SMILES string of the molecule is CC1C=C2C(=CC1)C1(c3ccccc32)c2ccccc2-c2ccc(N(c3cccc(-c4ccccc4)c3)c3ccc4c(c3)oc3c(-c5ccc6c(c5)C(c5ccccc5)(c5ccccc5)c5ccccc5-6)c5c(cc34)oc3ccccc35)cc21. The van der Waals surface area contributed by atoms with Gasteiger partial charge in [-0.25, -0.2) is 0 Å². The Morgan fingerprint density at radius 2 is 0.940 bits per heavy atom. The van der Waals surface area contributed by atoms with Crippen LogP contribution in [0.1, 0.15) is 57.9 Å². The van der Waals surface area contributed by atoms with E-state index < -0.39 is 10.8 Å². The summed E-state index contributed by atoms with van der Waals surface area (Å²) in [6.07, 6.45) is 6.08. The summed E-state index contributed by atoms with van der Waals surface area (Å²) >= 11 is 0. The smallest absolute Gasteiger partial charge is 0.144 e. The van der Waals surface area contributed by atoms with Crippen LogP contribution in [0.4, 0.5) is 17.1 Å². The van der Waals surface area contributed by atoms with Crippen LogP contribution in [0.2, 0.25) is 0 Å². The molecule has 3 heteroatoms. The molecule has 2 aromatic heterocycles. The zero-order valence-electron chi connectivity index (χ0n) is 46.2. The van der Waals surface area contributed by atoms with E-state index in [2.05, 4.69) is 297 Å². The summed E-state index contributed by atoms with van der Waals surface area (Å²) in [5.74, 6) is 0.459. The van der Waals surface area contributed by atoms with Crippen LogP contribution in [0.15, 0.2) is 300 Å². The lowest BCUT2D eigenvalue weighted by molar-refractivity contribution is 0.664. The molecule has 0 bridgehead atoms. The van der Waals surface area contributed by atoms with Crippen molar-refractivity contribution >= 4 is 66.5 Å². The van der Waals surface area contributed by atoms with Crippen molar-refractivity contribution in [1.82, 2.24) is 0 Å². The average molecular weight is 1070 g/mol. The molecule has 3 nitrogen and oxygen atoms in total. The lowest BCUT2D eigenvalue weighted by Gasteiger charge is -2.34. The van der Waals surface area contributed by atoms with E-state index in [-0.39, 0.29) is 0 Å². The van der Waals surface area contributed by atoms with Crippen molar-refractivity contribution in [3.8, 4) is 44.5 Å². The Morgan fingerprint density at radius 1 is 0.369 bits per heavy atom. The topological polar surface area (TPSA) is 29.5 Å². The lowest BCUT2D eigenvalue weighted by Crippen LogP contribution is -2.28. The molecule has 0 radical (unpaired) electrons. The second-order valence-corrected chi connectivity index (χ2v) is 23.4. The molecule has 1 spiro atoms. The minimum atomic E-state index is -0.577. The van der Waals surface area contributed by atoms with Crippen molar-refractivity contribution in [2.45, 2.75) is 24.2 Å². The summed E-state index contributed by atoms with van der Waals surface area (Å²) in [6, 6.07) is 101. The Balaban J connectivity index is 0.874. The van der Waals surface area contributed by atoms with Gasteiger partial charge in [0.2, 0.25) is 0 Å². The van der Waals surface area contributed by atoms with Gasteiger partial charge in [0.1, 0.15) is 22.3 Å². The molecular formula is C81H53NO2. The molecule has 12 aromatic carbocycles. The molecule has 0 aliphatic heterocycles. The van der Waals surface area contributed by atoms with Crippen LogP contribution in [0.3, 0.4) is 0 Å². The van der Waals surface area contributed by atoms with Crippen molar-refractivity contribution in [2.24, 2.45) is 5.92 Å². The fourth-order valence-electron chi connectivity index (χ4n) is 15.6. The minimum absolute atomic E-state index is 0.459. The molecule has 394 valence electrons. The van der Waals surface area contributed by atoms with Crippen LogP contribution in [0, 0.1) is 5.92 Å². The number of fused-ring (bicyclic) bond motifs is 19. The van der Waals surface area contributed by atoms with Crippen LogP contribution in [0.25, 0.3) is 94.0 Å². The van der Waals surface area contributed by atoms with Crippen molar-refractivity contribution in [3.63, 3.8) is 0 Å². The number of rotatable bonds is 7. The largest absolute Gasteiger partial charge is 0.456 e. The molecule has 18 rings (SSSR count). The Kier molecular flexibility index (Phi) is 9.98. The summed E-state index contributed by atoms with van der Waals surface area (Å²) in [6.45, 7) is 2.34. The molecule has 14 aromatic rings. The van der Waals surface area contributed by atoms with Gasteiger partial charge in [0.05, 0.1) is 10.8 Å². The third-order valence-electron chi connectivity index (χ3n) is 19.1. The standard InChI is InChI=1S/C81H53NO2/c1-50-36-43-71-66(44-50)61-30-13-17-34-70(61)81(71)69-33-16-12-29-60(69)63-41-38-57(47-73(63)81)82(56-27-19-22-52(45-56)51-20-5-2-6-21-51)58-39-42-64-67-49-76-78(65-31-14-18-35-74(65)83-76)77(79(67)84-75(64)48-58)53-37-40-62-59-28-11-15-32-68(59)80(72(62)46-53,54-23-7-3-8-24-54)55-25-9-4-10-26-55/h2-35,37-50H,36H2,1H3. The lowest BCUT2D eigenvalue weighted by atomic mass is 9.67. The zero-order chi connectivity index (χ0) is 55.3. The minimum Gasteiger partial charge on any atom is -0.456 e. The molecule has 2 unspecified atom stereocenters. The molecule has 84 heavy (non-hydrogen) atoms. The van der Waals surface area contributed by atoms with E-state index in [1.165, 1.54) is 83.5 Å². The number of allylic oxidation sites excluding steroid dienone is 4. The van der Waals surface area contributed by atoms with Gasteiger partial charge >= 0.3 is 0 Å². The zero-order valence-corrected chi connectivity index (χ0v) is 46.2. The van der Waals surface area contributed by atoms with Crippen molar-refractivity contribution < 1.29 is 8.83 Å². The summed E-state index contributed by atoms with van der Waals surface area (Å²) in [7, 11) is 0. The molecular weight excluding hydrogens is 1020 g/mol. The van der Waals surface area contributed by atoms with Gasteiger partial charge in [-0.3, -0.25) is 0 Å². The van der Waals surface area contributed by atoms with Gasteiger partial charge in [-0.05, 0) is 162 Å². The maximum absolute atomic E-state index is 7.54. The Morgan fingerprint density at radius 3 is 1.69 bits per heavy atom. The monoisotopic (exact) mass is 1070 g/mol. The van der Waals surface area contributed by atoms with Gasteiger partial charge in [-0.1, -0.05) is 231 Å². The number of hydrogen-bond acceptors (Lipinski definition) is 3. The fraction of sp³-hybridized carbons (Fsp3) is 0.0617. The highest BCUT2D eigenvalue weighted by atomic mass is 16.3. The number of anilines is 3. The molecule has 0 fully saturated rings. The third-order valence-corrected chi connectivity index (χ3v) is 19.1. The first-order chi connectivity index (χ1) is 41.6. The molecule has 0 saturated heterocycles. The van der Waals surface area contributed by atoms with Gasteiger partial charge in [0, 0.05) is 50.2 Å². The number of benzene rings is 12. The summed E-state index contributed by atoms with van der Waals surface area (Å²) in [5, 5.41) is 4.13. The van der Waals surface area contributed by atoms with E-state index in [0.29, 0.717) is 5.92 Å². The Labute approximate surface area is 487 Å². The van der Waals surface area contributed by atoms with E-state index in [1.807, 2.05) is 0 Å². The normalized spacial score (nSPS) is 16.8. The van der Waals surface area contributed by atoms with Gasteiger partial charge in [0.15, 0.2) is 0 Å². The quantitative estimate of drug-likeness (QED) is 0.159. The maximum atomic E-state index is 7.54. The van der Waals surface area contributed by atoms with Gasteiger partial charge in [-0.2, -0.15) is 0 Å². The highest BCUT2D eigenvalue weighted by molar-refractivity contribution is 6.24. The average Bonchev–Trinajstić information content (AvgIpc) is 1.62. The predicted molar refractivity (Wildman–Crippen MR) is 345 cm³/mol. The van der Waals surface area contributed by atoms with Crippen molar-refractivity contribution in [3.05, 3.63) is 335 Å². The van der Waals surface area contributed by atoms with E-state index in [4.69, 9.17) is 8.83 Å². The molecule has 0 N–H and O–H groups in total. The third kappa shape index (κ3) is 6.41. The molecule has 0 saturated carbocycles. The van der Waals surface area contributed by atoms with E-state index in [1.54, 1.807) is 0 Å². The number of para-hydroxylation sites is 1. The van der Waals surface area contributed by atoms with Crippen LogP contribution in [0.5, 0.6) is 0 Å².